The first-order valence-electron chi connectivity index (χ1n) is 3.22. The molecule has 0 saturated heterocycles. The van der Waals surface area contributed by atoms with E-state index in [1.54, 1.807) is 0 Å². The highest BCUT2D eigenvalue weighted by Crippen LogP contribution is 2.19. The zero-order chi connectivity index (χ0) is 7.56. The van der Waals surface area contributed by atoms with Crippen molar-refractivity contribution in [3.8, 4) is 0 Å². The van der Waals surface area contributed by atoms with Gasteiger partial charge in [0.1, 0.15) is 0 Å². The van der Waals surface area contributed by atoms with Crippen molar-refractivity contribution in [2.75, 3.05) is 0 Å². The van der Waals surface area contributed by atoms with Gasteiger partial charge in [0.2, 0.25) is 0 Å². The van der Waals surface area contributed by atoms with Crippen molar-refractivity contribution in [1.82, 2.24) is 0 Å². The Kier molecular flexibility index (Phi) is 2.30. The highest BCUT2D eigenvalue weighted by atomic mass is 35.5. The Labute approximate surface area is 65.8 Å². The van der Waals surface area contributed by atoms with Crippen molar-refractivity contribution >= 4 is 11.6 Å². The summed E-state index contributed by atoms with van der Waals surface area (Å²) in [6.45, 7) is 1.92. The topological polar surface area (TPSA) is 26.0 Å². The maximum absolute atomic E-state index is 5.84. The molecule has 0 amide bonds. The van der Waals surface area contributed by atoms with Crippen LogP contribution >= 0.6 is 11.6 Å². The fourth-order valence-corrected chi connectivity index (χ4v) is 1.15. The Balaban J connectivity index is 3.03. The Morgan fingerprint density at radius 1 is 1.40 bits per heavy atom. The van der Waals surface area contributed by atoms with Crippen LogP contribution in [0.5, 0.6) is 0 Å². The first-order valence-corrected chi connectivity index (χ1v) is 3.59. The Morgan fingerprint density at radius 3 is 2.40 bits per heavy atom. The van der Waals surface area contributed by atoms with Gasteiger partial charge in [0.15, 0.2) is 0 Å². The molecule has 1 nitrogen and oxygen atoms in total. The van der Waals surface area contributed by atoms with Crippen LogP contribution < -0.4 is 5.73 Å². The fraction of sp³-hybridized carbons (Fsp3) is 0.250. The smallest absolute Gasteiger partial charge is 0.0453 e. The van der Waals surface area contributed by atoms with Gasteiger partial charge in [-0.25, -0.2) is 0 Å². The van der Waals surface area contributed by atoms with Crippen molar-refractivity contribution < 1.29 is 0 Å². The van der Waals surface area contributed by atoms with Crippen LogP contribution in [0.15, 0.2) is 24.3 Å². The van der Waals surface area contributed by atoms with Gasteiger partial charge in [-0.1, -0.05) is 29.8 Å². The lowest BCUT2D eigenvalue weighted by Crippen LogP contribution is -2.04. The molecule has 1 rings (SSSR count). The van der Waals surface area contributed by atoms with E-state index in [9.17, 15) is 0 Å². The van der Waals surface area contributed by atoms with Gasteiger partial charge in [0.05, 0.1) is 0 Å². The molecule has 54 valence electrons. The predicted octanol–water partition coefficient (Wildman–Crippen LogP) is 2.36. The third-order valence-corrected chi connectivity index (χ3v) is 1.74. The third kappa shape index (κ3) is 1.49. The van der Waals surface area contributed by atoms with Crippen LogP contribution in [0.4, 0.5) is 0 Å². The van der Waals surface area contributed by atoms with Crippen molar-refractivity contribution in [2.45, 2.75) is 13.0 Å². The summed E-state index contributed by atoms with van der Waals surface area (Å²) in [6, 6.07) is 7.64. The maximum Gasteiger partial charge on any atom is 0.0453 e. The molecule has 1 atom stereocenters. The Hall–Kier alpha value is -0.530. The molecule has 1 aromatic rings. The van der Waals surface area contributed by atoms with Gasteiger partial charge in [-0.05, 0) is 18.6 Å². The maximum atomic E-state index is 5.84. The minimum Gasteiger partial charge on any atom is -0.324 e. The molecule has 2 N–H and O–H groups in total. The summed E-state index contributed by atoms with van der Waals surface area (Å²) in [7, 11) is 0. The summed E-state index contributed by atoms with van der Waals surface area (Å²) in [4.78, 5) is 0. The van der Waals surface area contributed by atoms with Gasteiger partial charge < -0.3 is 5.73 Å². The minimum atomic E-state index is 0.0219. The quantitative estimate of drug-likeness (QED) is 0.662. The Bertz CT molecular complexity index is 220. The number of rotatable bonds is 1. The summed E-state index contributed by atoms with van der Waals surface area (Å²) < 4.78 is 0. The fourth-order valence-electron chi connectivity index (χ4n) is 0.844. The van der Waals surface area contributed by atoms with Gasteiger partial charge >= 0.3 is 0 Å². The molecule has 1 aromatic carbocycles. The van der Waals surface area contributed by atoms with E-state index in [4.69, 9.17) is 17.3 Å². The molecular formula is C8H10ClN. The van der Waals surface area contributed by atoms with Crippen LogP contribution in [0.3, 0.4) is 0 Å². The minimum absolute atomic E-state index is 0.0219. The van der Waals surface area contributed by atoms with E-state index in [2.05, 4.69) is 0 Å². The van der Waals surface area contributed by atoms with E-state index in [1.165, 1.54) is 0 Å². The van der Waals surface area contributed by atoms with Crippen LogP contribution in [0.1, 0.15) is 18.5 Å². The second-order valence-corrected chi connectivity index (χ2v) is 2.72. The van der Waals surface area contributed by atoms with Crippen molar-refractivity contribution in [3.05, 3.63) is 34.9 Å². The van der Waals surface area contributed by atoms with Crippen molar-refractivity contribution in [1.29, 1.82) is 0 Å². The van der Waals surface area contributed by atoms with Crippen LogP contribution in [-0.2, 0) is 0 Å². The van der Waals surface area contributed by atoms with Gasteiger partial charge in [-0.3, -0.25) is 0 Å². The van der Waals surface area contributed by atoms with E-state index in [-0.39, 0.29) is 6.04 Å². The SMILES string of the molecule is C[C@@H](N)c1ccccc1Cl. The normalized spacial score (nSPS) is 13.1. The molecule has 0 radical (unpaired) electrons. The van der Waals surface area contributed by atoms with E-state index < -0.39 is 0 Å². The second kappa shape index (κ2) is 3.04. The molecule has 0 aliphatic carbocycles. The van der Waals surface area contributed by atoms with Crippen molar-refractivity contribution in [2.24, 2.45) is 5.73 Å². The monoisotopic (exact) mass is 155 g/mol. The number of benzene rings is 1. The number of hydrogen-bond acceptors (Lipinski definition) is 1. The summed E-state index contributed by atoms with van der Waals surface area (Å²) in [5.74, 6) is 0. The number of halogens is 1. The van der Waals surface area contributed by atoms with Gasteiger partial charge in [-0.2, -0.15) is 0 Å². The van der Waals surface area contributed by atoms with Gasteiger partial charge in [0, 0.05) is 11.1 Å². The average molecular weight is 156 g/mol. The van der Waals surface area contributed by atoms with E-state index in [0.29, 0.717) is 0 Å². The molecule has 10 heavy (non-hydrogen) atoms. The standard InChI is InChI=1S/C8H10ClN/c1-6(10)7-4-2-3-5-8(7)9/h2-6H,10H2,1H3/t6-/m1/s1. The molecule has 0 spiro atoms. The predicted molar refractivity (Wildman–Crippen MR) is 44.1 cm³/mol. The molecule has 2 heteroatoms. The first-order chi connectivity index (χ1) is 4.72. The zero-order valence-corrected chi connectivity index (χ0v) is 6.60. The van der Waals surface area contributed by atoms with Crippen LogP contribution in [-0.4, -0.2) is 0 Å². The molecule has 0 fully saturated rings. The van der Waals surface area contributed by atoms with E-state index >= 15 is 0 Å². The molecule has 0 saturated carbocycles. The number of hydrogen-bond donors (Lipinski definition) is 1. The van der Waals surface area contributed by atoms with Crippen LogP contribution in [0, 0.1) is 0 Å². The summed E-state index contributed by atoms with van der Waals surface area (Å²) in [5.41, 5.74) is 6.63. The zero-order valence-electron chi connectivity index (χ0n) is 5.84. The first kappa shape index (κ1) is 7.58. The lowest BCUT2D eigenvalue weighted by Gasteiger charge is -2.05. The van der Waals surface area contributed by atoms with E-state index in [1.807, 2.05) is 31.2 Å². The molecule has 0 aliphatic rings. The van der Waals surface area contributed by atoms with Gasteiger partial charge in [0.25, 0.3) is 0 Å². The molecule has 0 bridgehead atoms. The lowest BCUT2D eigenvalue weighted by molar-refractivity contribution is 0.818. The summed E-state index contributed by atoms with van der Waals surface area (Å²) in [6.07, 6.45) is 0. The molecule has 0 heterocycles. The molecule has 0 aromatic heterocycles. The molecule has 0 aliphatic heterocycles. The molecule has 0 unspecified atom stereocenters. The highest BCUT2D eigenvalue weighted by molar-refractivity contribution is 6.31. The second-order valence-electron chi connectivity index (χ2n) is 2.31. The largest absolute Gasteiger partial charge is 0.324 e. The summed E-state index contributed by atoms with van der Waals surface area (Å²) in [5, 5.41) is 0.748. The van der Waals surface area contributed by atoms with Crippen molar-refractivity contribution in [3.63, 3.8) is 0 Å². The highest BCUT2D eigenvalue weighted by Gasteiger charge is 2.01. The average Bonchev–Trinajstić information content (AvgIpc) is 1.88. The lowest BCUT2D eigenvalue weighted by atomic mass is 10.1. The van der Waals surface area contributed by atoms with Crippen LogP contribution in [0.2, 0.25) is 5.02 Å². The van der Waals surface area contributed by atoms with Gasteiger partial charge in [-0.15, -0.1) is 0 Å². The van der Waals surface area contributed by atoms with Crippen LogP contribution in [0.25, 0.3) is 0 Å². The number of nitrogens with two attached hydrogens (primary N) is 1. The summed E-state index contributed by atoms with van der Waals surface area (Å²) >= 11 is 5.84. The molecular weight excluding hydrogens is 146 g/mol. The Morgan fingerprint density at radius 2 is 2.00 bits per heavy atom. The van der Waals surface area contributed by atoms with E-state index in [0.717, 1.165) is 10.6 Å². The third-order valence-electron chi connectivity index (χ3n) is 1.40.